The summed E-state index contributed by atoms with van der Waals surface area (Å²) in [5, 5.41) is -1.12. The molecular weight excluding hydrogens is 140 g/mol. The van der Waals surface area contributed by atoms with E-state index in [2.05, 4.69) is 0 Å². The van der Waals surface area contributed by atoms with Crippen molar-refractivity contribution in [1.29, 1.82) is 0 Å². The number of hydrogen-bond donors (Lipinski definition) is 0. The topological polar surface area (TPSA) is 26.3 Å². The molecule has 0 heterocycles. The van der Waals surface area contributed by atoms with Gasteiger partial charge in [-0.1, -0.05) is 11.6 Å². The van der Waals surface area contributed by atoms with Crippen LogP contribution in [0, 0.1) is 0 Å². The Hall–Kier alpha value is -0.0800. The number of carbonyl (C=O) groups is 1. The molecule has 0 aliphatic heterocycles. The minimum absolute atomic E-state index is 0.161. The van der Waals surface area contributed by atoms with Crippen LogP contribution in [0.15, 0.2) is 0 Å². The zero-order valence-corrected chi connectivity index (χ0v) is 6.66. The van der Waals surface area contributed by atoms with Gasteiger partial charge in [-0.25, -0.2) is 0 Å². The highest BCUT2D eigenvalue weighted by Crippen LogP contribution is 2.16. The summed E-state index contributed by atoms with van der Waals surface area (Å²) in [6.45, 7) is 5.20. The van der Waals surface area contributed by atoms with Gasteiger partial charge in [0.1, 0.15) is 0 Å². The number of Topliss-reactive ketones (excluding diaryl/α,β-unsaturated/α-hetero) is 1. The second kappa shape index (κ2) is 3.18. The van der Waals surface area contributed by atoms with Crippen molar-refractivity contribution < 1.29 is 9.53 Å². The summed E-state index contributed by atoms with van der Waals surface area (Å²) in [5.74, 6) is -0.161. The van der Waals surface area contributed by atoms with Gasteiger partial charge in [-0.15, -0.1) is 0 Å². The van der Waals surface area contributed by atoms with Crippen LogP contribution in [0.1, 0.15) is 20.8 Å². The maximum absolute atomic E-state index is 10.6. The van der Waals surface area contributed by atoms with Crippen molar-refractivity contribution in [3.8, 4) is 0 Å². The van der Waals surface area contributed by atoms with Crippen LogP contribution in [0.25, 0.3) is 0 Å². The maximum Gasteiger partial charge on any atom is 0.196 e. The lowest BCUT2D eigenvalue weighted by molar-refractivity contribution is -0.130. The summed E-state index contributed by atoms with van der Waals surface area (Å²) in [5.41, 5.74) is 0. The third-order valence-electron chi connectivity index (χ3n) is 1.04. The van der Waals surface area contributed by atoms with E-state index in [0.29, 0.717) is 6.61 Å². The average Bonchev–Trinajstić information content (AvgIpc) is 1.65. The van der Waals surface area contributed by atoms with E-state index < -0.39 is 5.06 Å². The van der Waals surface area contributed by atoms with Crippen molar-refractivity contribution in [2.24, 2.45) is 0 Å². The van der Waals surface area contributed by atoms with Crippen molar-refractivity contribution in [2.45, 2.75) is 25.8 Å². The van der Waals surface area contributed by atoms with E-state index in [9.17, 15) is 4.79 Å². The van der Waals surface area contributed by atoms with Gasteiger partial charge in [0.2, 0.25) is 0 Å². The molecule has 0 aromatic carbocycles. The van der Waals surface area contributed by atoms with E-state index in [1.54, 1.807) is 13.8 Å². The zero-order chi connectivity index (χ0) is 7.49. The van der Waals surface area contributed by atoms with Gasteiger partial charge in [0.05, 0.1) is 0 Å². The number of halogens is 1. The standard InChI is InChI=1S/C6H11ClO2/c1-4-9-6(3,7)5(2)8/h4H2,1-3H3. The molecule has 1 unspecified atom stereocenters. The molecule has 0 N–H and O–H groups in total. The van der Waals surface area contributed by atoms with Gasteiger partial charge < -0.3 is 4.74 Å². The van der Waals surface area contributed by atoms with E-state index in [0.717, 1.165) is 0 Å². The lowest BCUT2D eigenvalue weighted by Crippen LogP contribution is -2.29. The molecule has 0 aliphatic rings. The minimum atomic E-state index is -1.12. The molecule has 0 radical (unpaired) electrons. The van der Waals surface area contributed by atoms with E-state index in [1.165, 1.54) is 6.92 Å². The van der Waals surface area contributed by atoms with E-state index in [4.69, 9.17) is 16.3 Å². The highest BCUT2D eigenvalue weighted by molar-refractivity contribution is 6.33. The monoisotopic (exact) mass is 150 g/mol. The second-order valence-electron chi connectivity index (χ2n) is 1.91. The SMILES string of the molecule is CCOC(C)(Cl)C(C)=O. The van der Waals surface area contributed by atoms with E-state index >= 15 is 0 Å². The molecule has 0 aromatic rings. The van der Waals surface area contributed by atoms with Crippen LogP contribution in [0.2, 0.25) is 0 Å². The smallest absolute Gasteiger partial charge is 0.196 e. The largest absolute Gasteiger partial charge is 0.353 e. The molecular formula is C6H11ClO2. The van der Waals surface area contributed by atoms with Crippen molar-refractivity contribution in [1.82, 2.24) is 0 Å². The summed E-state index contributed by atoms with van der Waals surface area (Å²) >= 11 is 5.60. The molecule has 2 nitrogen and oxygen atoms in total. The first-order chi connectivity index (χ1) is 4.00. The number of rotatable bonds is 3. The molecule has 54 valence electrons. The number of alkyl halides is 1. The Morgan fingerprint density at radius 2 is 2.22 bits per heavy atom. The fraction of sp³-hybridized carbons (Fsp3) is 0.833. The Kier molecular flexibility index (Phi) is 3.15. The number of carbonyl (C=O) groups excluding carboxylic acids is 1. The van der Waals surface area contributed by atoms with E-state index in [1.807, 2.05) is 0 Å². The van der Waals surface area contributed by atoms with Gasteiger partial charge in [-0.3, -0.25) is 4.79 Å². The first kappa shape index (κ1) is 8.92. The highest BCUT2D eigenvalue weighted by Gasteiger charge is 2.26. The summed E-state index contributed by atoms with van der Waals surface area (Å²) in [4.78, 5) is 10.6. The van der Waals surface area contributed by atoms with E-state index in [-0.39, 0.29) is 5.78 Å². The normalized spacial score (nSPS) is 16.9. The first-order valence-electron chi connectivity index (χ1n) is 2.84. The molecule has 0 aliphatic carbocycles. The van der Waals surface area contributed by atoms with Gasteiger partial charge in [0.15, 0.2) is 10.8 Å². The molecule has 1 atom stereocenters. The summed E-state index contributed by atoms with van der Waals surface area (Å²) < 4.78 is 4.91. The van der Waals surface area contributed by atoms with Crippen LogP contribution >= 0.6 is 11.6 Å². The van der Waals surface area contributed by atoms with Crippen LogP contribution in [-0.2, 0) is 9.53 Å². The number of ether oxygens (including phenoxy) is 1. The average molecular weight is 151 g/mol. The molecule has 0 aromatic heterocycles. The van der Waals surface area contributed by atoms with Crippen LogP contribution in [0.5, 0.6) is 0 Å². The third-order valence-corrected chi connectivity index (χ3v) is 1.42. The number of hydrogen-bond acceptors (Lipinski definition) is 2. The fourth-order valence-corrected chi connectivity index (χ4v) is 0.482. The maximum atomic E-state index is 10.6. The Morgan fingerprint density at radius 1 is 1.78 bits per heavy atom. The van der Waals surface area contributed by atoms with Gasteiger partial charge >= 0.3 is 0 Å². The van der Waals surface area contributed by atoms with Gasteiger partial charge in [-0.05, 0) is 20.8 Å². The van der Waals surface area contributed by atoms with Gasteiger partial charge in [0, 0.05) is 6.61 Å². The Labute approximate surface area is 60.1 Å². The Balaban J connectivity index is 3.85. The van der Waals surface area contributed by atoms with Crippen molar-refractivity contribution >= 4 is 17.4 Å². The molecule has 0 saturated carbocycles. The Bertz CT molecular complexity index is 110. The summed E-state index contributed by atoms with van der Waals surface area (Å²) in [6, 6.07) is 0. The summed E-state index contributed by atoms with van der Waals surface area (Å²) in [7, 11) is 0. The predicted octanol–water partition coefficient (Wildman–Crippen LogP) is 1.57. The first-order valence-corrected chi connectivity index (χ1v) is 3.22. The quantitative estimate of drug-likeness (QED) is 0.571. The second-order valence-corrected chi connectivity index (χ2v) is 2.63. The van der Waals surface area contributed by atoms with Crippen molar-refractivity contribution in [3.05, 3.63) is 0 Å². The van der Waals surface area contributed by atoms with Crippen LogP contribution < -0.4 is 0 Å². The molecule has 0 rings (SSSR count). The molecule has 9 heavy (non-hydrogen) atoms. The molecule has 3 heteroatoms. The Morgan fingerprint density at radius 3 is 2.33 bits per heavy atom. The van der Waals surface area contributed by atoms with Crippen LogP contribution in [0.3, 0.4) is 0 Å². The number of ketones is 1. The van der Waals surface area contributed by atoms with Crippen LogP contribution in [0.4, 0.5) is 0 Å². The van der Waals surface area contributed by atoms with Crippen molar-refractivity contribution in [3.63, 3.8) is 0 Å². The lowest BCUT2D eigenvalue weighted by atomic mass is 10.3. The summed E-state index contributed by atoms with van der Waals surface area (Å²) in [6.07, 6.45) is 0. The zero-order valence-electron chi connectivity index (χ0n) is 5.90. The molecule has 0 fully saturated rings. The molecule has 0 spiro atoms. The molecule has 0 bridgehead atoms. The van der Waals surface area contributed by atoms with Gasteiger partial charge in [-0.2, -0.15) is 0 Å². The van der Waals surface area contributed by atoms with Crippen molar-refractivity contribution in [2.75, 3.05) is 6.61 Å². The molecule has 0 amide bonds. The minimum Gasteiger partial charge on any atom is -0.353 e. The lowest BCUT2D eigenvalue weighted by Gasteiger charge is -2.17. The fourth-order valence-electron chi connectivity index (χ4n) is 0.373. The van der Waals surface area contributed by atoms with Gasteiger partial charge in [0.25, 0.3) is 0 Å². The third kappa shape index (κ3) is 2.82. The molecule has 0 saturated heterocycles. The van der Waals surface area contributed by atoms with Crippen LogP contribution in [-0.4, -0.2) is 17.5 Å². The highest BCUT2D eigenvalue weighted by atomic mass is 35.5. The predicted molar refractivity (Wildman–Crippen MR) is 36.6 cm³/mol.